The predicted octanol–water partition coefficient (Wildman–Crippen LogP) is 0.596. The molecule has 1 aliphatic rings. The highest BCUT2D eigenvalue weighted by Gasteiger charge is 2.25. The van der Waals surface area contributed by atoms with E-state index in [0.29, 0.717) is 23.8 Å². The van der Waals surface area contributed by atoms with Gasteiger partial charge in [-0.15, -0.1) is 0 Å². The largest absolute Gasteiger partial charge is 0.397 e. The minimum absolute atomic E-state index is 0.00258. The molecule has 20 heavy (non-hydrogen) atoms. The van der Waals surface area contributed by atoms with E-state index in [1.807, 2.05) is 11.9 Å². The van der Waals surface area contributed by atoms with Gasteiger partial charge in [0.2, 0.25) is 5.91 Å². The molecule has 0 saturated carbocycles. The number of amides is 2. The van der Waals surface area contributed by atoms with E-state index < -0.39 is 0 Å². The van der Waals surface area contributed by atoms with Crippen LogP contribution in [0.25, 0.3) is 0 Å². The highest BCUT2D eigenvalue weighted by Crippen LogP contribution is 2.19. The van der Waals surface area contributed by atoms with Gasteiger partial charge in [0.25, 0.3) is 5.91 Å². The molecule has 1 aromatic heterocycles. The summed E-state index contributed by atoms with van der Waals surface area (Å²) in [5.74, 6) is 0.492. The fourth-order valence-corrected chi connectivity index (χ4v) is 2.59. The summed E-state index contributed by atoms with van der Waals surface area (Å²) in [5.41, 5.74) is 6.94. The summed E-state index contributed by atoms with van der Waals surface area (Å²) in [7, 11) is 1.83. The molecule has 0 bridgehead atoms. The smallest absolute Gasteiger partial charge is 0.270 e. The Bertz CT molecular complexity index is 501. The summed E-state index contributed by atoms with van der Waals surface area (Å²) in [4.78, 5) is 25.1. The van der Waals surface area contributed by atoms with Crippen molar-refractivity contribution < 1.29 is 9.59 Å². The number of nitrogens with zero attached hydrogens (tertiary/aromatic N) is 2. The van der Waals surface area contributed by atoms with E-state index in [-0.39, 0.29) is 11.8 Å². The summed E-state index contributed by atoms with van der Waals surface area (Å²) >= 11 is 0. The third-order valence-corrected chi connectivity index (χ3v) is 3.79. The molecule has 1 saturated heterocycles. The van der Waals surface area contributed by atoms with Crippen LogP contribution in [-0.4, -0.2) is 40.9 Å². The van der Waals surface area contributed by atoms with E-state index in [0.717, 1.165) is 25.9 Å². The van der Waals surface area contributed by atoms with E-state index in [1.165, 1.54) is 6.92 Å². The van der Waals surface area contributed by atoms with Gasteiger partial charge in [-0.05, 0) is 24.8 Å². The summed E-state index contributed by atoms with van der Waals surface area (Å²) in [6.45, 7) is 3.69. The zero-order chi connectivity index (χ0) is 14.7. The SMILES string of the molecule is CC(=O)NCC1CCN(C(=O)c2cc(N)cn2C)CC1. The normalized spacial score (nSPS) is 16.2. The van der Waals surface area contributed by atoms with Gasteiger partial charge in [0.1, 0.15) is 5.69 Å². The molecule has 0 aromatic carbocycles. The second kappa shape index (κ2) is 5.98. The van der Waals surface area contributed by atoms with Crippen molar-refractivity contribution in [3.63, 3.8) is 0 Å². The maximum absolute atomic E-state index is 12.4. The first-order chi connectivity index (χ1) is 9.47. The number of piperidine rings is 1. The van der Waals surface area contributed by atoms with E-state index in [9.17, 15) is 9.59 Å². The Balaban J connectivity index is 1.89. The number of carbonyl (C=O) groups is 2. The highest BCUT2D eigenvalue weighted by molar-refractivity contribution is 5.93. The maximum atomic E-state index is 12.4. The first-order valence-corrected chi connectivity index (χ1v) is 6.93. The lowest BCUT2D eigenvalue weighted by molar-refractivity contribution is -0.119. The van der Waals surface area contributed by atoms with Gasteiger partial charge in [0.05, 0.1) is 5.69 Å². The van der Waals surface area contributed by atoms with E-state index in [2.05, 4.69) is 5.32 Å². The van der Waals surface area contributed by atoms with Gasteiger partial charge < -0.3 is 20.5 Å². The lowest BCUT2D eigenvalue weighted by Crippen LogP contribution is -2.41. The minimum atomic E-state index is 0.00258. The Morgan fingerprint density at radius 2 is 2.05 bits per heavy atom. The summed E-state index contributed by atoms with van der Waals surface area (Å²) < 4.78 is 1.76. The number of aromatic nitrogens is 1. The van der Waals surface area contributed by atoms with Gasteiger partial charge in [0, 0.05) is 39.8 Å². The summed E-state index contributed by atoms with van der Waals surface area (Å²) in [6.07, 6.45) is 3.59. The van der Waals surface area contributed by atoms with Crippen molar-refractivity contribution in [3.05, 3.63) is 18.0 Å². The fraction of sp³-hybridized carbons (Fsp3) is 0.571. The monoisotopic (exact) mass is 278 g/mol. The maximum Gasteiger partial charge on any atom is 0.270 e. The number of nitrogens with two attached hydrogens (primary N) is 1. The Morgan fingerprint density at radius 1 is 1.40 bits per heavy atom. The quantitative estimate of drug-likeness (QED) is 0.849. The van der Waals surface area contributed by atoms with Crippen LogP contribution in [0.2, 0.25) is 0 Å². The number of rotatable bonds is 3. The molecule has 1 fully saturated rings. The molecule has 2 amide bonds. The number of nitrogens with one attached hydrogen (secondary N) is 1. The first-order valence-electron chi connectivity index (χ1n) is 6.93. The fourth-order valence-electron chi connectivity index (χ4n) is 2.59. The molecular weight excluding hydrogens is 256 g/mol. The van der Waals surface area contributed by atoms with Gasteiger partial charge in [-0.3, -0.25) is 9.59 Å². The minimum Gasteiger partial charge on any atom is -0.397 e. The van der Waals surface area contributed by atoms with Crippen LogP contribution in [0.15, 0.2) is 12.3 Å². The van der Waals surface area contributed by atoms with Gasteiger partial charge >= 0.3 is 0 Å². The standard InChI is InChI=1S/C14H22N4O2/c1-10(19)16-8-11-3-5-18(6-4-11)14(20)13-7-12(15)9-17(13)2/h7,9,11H,3-6,8,15H2,1-2H3,(H,16,19). The molecule has 6 nitrogen and oxygen atoms in total. The van der Waals surface area contributed by atoms with E-state index in [4.69, 9.17) is 5.73 Å². The number of hydrogen-bond acceptors (Lipinski definition) is 3. The van der Waals surface area contributed by atoms with Crippen molar-refractivity contribution in [2.24, 2.45) is 13.0 Å². The molecule has 3 N–H and O–H groups in total. The molecule has 110 valence electrons. The summed E-state index contributed by atoms with van der Waals surface area (Å²) in [5, 5.41) is 2.84. The molecule has 2 heterocycles. The molecule has 6 heteroatoms. The Morgan fingerprint density at radius 3 is 2.55 bits per heavy atom. The van der Waals surface area contributed by atoms with Crippen LogP contribution in [0.1, 0.15) is 30.3 Å². The number of carbonyl (C=O) groups excluding carboxylic acids is 2. The first kappa shape index (κ1) is 14.4. The second-order valence-corrected chi connectivity index (χ2v) is 5.44. The zero-order valence-electron chi connectivity index (χ0n) is 12.1. The van der Waals surface area contributed by atoms with Crippen LogP contribution >= 0.6 is 0 Å². The van der Waals surface area contributed by atoms with Crippen LogP contribution in [0.5, 0.6) is 0 Å². The van der Waals surface area contributed by atoms with Crippen LogP contribution < -0.4 is 11.1 Å². The van der Waals surface area contributed by atoms with Crippen molar-refractivity contribution in [2.45, 2.75) is 19.8 Å². The number of anilines is 1. The highest BCUT2D eigenvalue weighted by atomic mass is 16.2. The van der Waals surface area contributed by atoms with Gasteiger partial charge in [-0.25, -0.2) is 0 Å². The molecule has 0 spiro atoms. The average Bonchev–Trinajstić information content (AvgIpc) is 2.75. The van der Waals surface area contributed by atoms with Gasteiger partial charge in [-0.2, -0.15) is 0 Å². The zero-order valence-corrected chi connectivity index (χ0v) is 12.1. The third kappa shape index (κ3) is 3.31. The molecular formula is C14H22N4O2. The molecule has 0 aliphatic carbocycles. The predicted molar refractivity (Wildman–Crippen MR) is 77.1 cm³/mol. The van der Waals surface area contributed by atoms with Crippen molar-refractivity contribution in [1.82, 2.24) is 14.8 Å². The van der Waals surface area contributed by atoms with Crippen LogP contribution in [-0.2, 0) is 11.8 Å². The molecule has 0 unspecified atom stereocenters. The molecule has 1 aromatic rings. The van der Waals surface area contributed by atoms with E-state index in [1.54, 1.807) is 16.8 Å². The molecule has 0 radical (unpaired) electrons. The van der Waals surface area contributed by atoms with E-state index >= 15 is 0 Å². The lowest BCUT2D eigenvalue weighted by Gasteiger charge is -2.32. The molecule has 2 rings (SSSR count). The molecule has 1 aliphatic heterocycles. The lowest BCUT2D eigenvalue weighted by atomic mass is 9.96. The van der Waals surface area contributed by atoms with Crippen molar-refractivity contribution in [2.75, 3.05) is 25.4 Å². The average molecular weight is 278 g/mol. The second-order valence-electron chi connectivity index (χ2n) is 5.44. The number of likely N-dealkylation sites (tertiary alicyclic amines) is 1. The molecule has 0 atom stereocenters. The topological polar surface area (TPSA) is 80.4 Å². The van der Waals surface area contributed by atoms with Crippen molar-refractivity contribution >= 4 is 17.5 Å². The summed E-state index contributed by atoms with van der Waals surface area (Å²) in [6, 6.07) is 1.71. The van der Waals surface area contributed by atoms with Crippen LogP contribution in [0, 0.1) is 5.92 Å². The Kier molecular flexibility index (Phi) is 4.32. The third-order valence-electron chi connectivity index (χ3n) is 3.79. The number of aryl methyl sites for hydroxylation is 1. The van der Waals surface area contributed by atoms with Crippen LogP contribution in [0.3, 0.4) is 0 Å². The number of nitrogen functional groups attached to an aromatic ring is 1. The van der Waals surface area contributed by atoms with Crippen molar-refractivity contribution in [3.8, 4) is 0 Å². The van der Waals surface area contributed by atoms with Gasteiger partial charge in [0.15, 0.2) is 0 Å². The Labute approximate surface area is 118 Å². The van der Waals surface area contributed by atoms with Gasteiger partial charge in [-0.1, -0.05) is 0 Å². The van der Waals surface area contributed by atoms with Crippen LogP contribution in [0.4, 0.5) is 5.69 Å². The Hall–Kier alpha value is -1.98. The number of hydrogen-bond donors (Lipinski definition) is 2. The van der Waals surface area contributed by atoms with Crippen molar-refractivity contribution in [1.29, 1.82) is 0 Å².